The highest BCUT2D eigenvalue weighted by atomic mass is 16.1. The van der Waals surface area contributed by atoms with Crippen molar-refractivity contribution in [2.45, 2.75) is 6.92 Å². The minimum absolute atomic E-state index is 0.295. The molecule has 0 aliphatic rings. The summed E-state index contributed by atoms with van der Waals surface area (Å²) in [5.74, 6) is 0.129. The van der Waals surface area contributed by atoms with Crippen LogP contribution in [-0.2, 0) is 0 Å². The quantitative estimate of drug-likeness (QED) is 0.591. The van der Waals surface area contributed by atoms with E-state index in [1.54, 1.807) is 19.2 Å². The van der Waals surface area contributed by atoms with Gasteiger partial charge in [-0.1, -0.05) is 18.2 Å². The molecule has 0 saturated heterocycles. The zero-order valence-corrected chi connectivity index (χ0v) is 13.8. The third-order valence-electron chi connectivity index (χ3n) is 4.02. The number of benzene rings is 1. The molecule has 128 valence electrons. The fraction of sp³-hybridized carbons (Fsp3) is 0.0556. The number of nitrogens with one attached hydrogen (secondary N) is 2. The van der Waals surface area contributed by atoms with E-state index >= 15 is 0 Å². The zero-order chi connectivity index (χ0) is 18.1. The molecule has 1 amide bonds. The molecule has 0 aliphatic heterocycles. The van der Waals surface area contributed by atoms with Crippen LogP contribution in [0.25, 0.3) is 16.7 Å². The molecule has 26 heavy (non-hydrogen) atoms. The molecule has 0 aliphatic carbocycles. The van der Waals surface area contributed by atoms with Gasteiger partial charge in [0.25, 0.3) is 11.5 Å². The van der Waals surface area contributed by atoms with E-state index in [4.69, 9.17) is 0 Å². The predicted octanol–water partition coefficient (Wildman–Crippen LogP) is 2.06. The highest BCUT2D eigenvalue weighted by molar-refractivity contribution is 6.08. The first kappa shape index (κ1) is 15.7. The summed E-state index contributed by atoms with van der Waals surface area (Å²) in [5.41, 5.74) is 2.05. The number of amides is 1. The summed E-state index contributed by atoms with van der Waals surface area (Å²) < 4.78 is 1.49. The van der Waals surface area contributed by atoms with Gasteiger partial charge in [-0.2, -0.15) is 10.2 Å². The molecule has 4 aromatic rings. The van der Waals surface area contributed by atoms with Crippen molar-refractivity contribution in [3.8, 4) is 5.82 Å². The number of para-hydroxylation sites is 1. The Hall–Kier alpha value is -3.81. The lowest BCUT2D eigenvalue weighted by Gasteiger charge is -2.08. The Balaban J connectivity index is 1.67. The van der Waals surface area contributed by atoms with E-state index in [9.17, 15) is 9.59 Å². The lowest BCUT2D eigenvalue weighted by Crippen LogP contribution is -2.14. The van der Waals surface area contributed by atoms with Gasteiger partial charge in [0.05, 0.1) is 28.7 Å². The monoisotopic (exact) mass is 346 g/mol. The Morgan fingerprint density at radius 2 is 2.00 bits per heavy atom. The molecule has 0 spiro atoms. The summed E-state index contributed by atoms with van der Waals surface area (Å²) in [7, 11) is 0. The summed E-state index contributed by atoms with van der Waals surface area (Å²) in [5, 5.41) is 14.3. The van der Waals surface area contributed by atoms with E-state index in [0.29, 0.717) is 22.8 Å². The standard InChI is InChI=1S/C18H14N6O2/c1-11-13(10-20-24(11)15-7-8-16(25)23-22-15)18(26)21-14-6-2-4-12-5-3-9-19-17(12)14/h2-10H,1H3,(H,21,26)(H,23,25). The van der Waals surface area contributed by atoms with Crippen molar-refractivity contribution in [2.75, 3.05) is 5.32 Å². The van der Waals surface area contributed by atoms with E-state index < -0.39 is 0 Å². The van der Waals surface area contributed by atoms with Crippen LogP contribution in [0.2, 0.25) is 0 Å². The number of carbonyl (C=O) groups excluding carboxylic acids is 1. The Morgan fingerprint density at radius 1 is 1.15 bits per heavy atom. The van der Waals surface area contributed by atoms with Gasteiger partial charge in [-0.3, -0.25) is 14.6 Å². The maximum Gasteiger partial charge on any atom is 0.264 e. The number of pyridine rings is 1. The number of nitrogens with zero attached hydrogens (tertiary/aromatic N) is 4. The molecule has 8 heteroatoms. The molecule has 0 atom stereocenters. The summed E-state index contributed by atoms with van der Waals surface area (Å²) in [6.07, 6.45) is 3.15. The van der Waals surface area contributed by atoms with Crippen molar-refractivity contribution in [3.05, 3.63) is 76.5 Å². The highest BCUT2D eigenvalue weighted by Crippen LogP contribution is 2.22. The molecule has 1 aromatic carbocycles. The lowest BCUT2D eigenvalue weighted by atomic mass is 10.2. The van der Waals surface area contributed by atoms with Crippen molar-refractivity contribution in [3.63, 3.8) is 0 Å². The maximum atomic E-state index is 12.7. The van der Waals surface area contributed by atoms with Gasteiger partial charge in [0.15, 0.2) is 5.82 Å². The van der Waals surface area contributed by atoms with E-state index in [-0.39, 0.29) is 11.5 Å². The fourth-order valence-corrected chi connectivity index (χ4v) is 2.71. The van der Waals surface area contributed by atoms with Crippen LogP contribution in [0.5, 0.6) is 0 Å². The number of carbonyl (C=O) groups is 1. The van der Waals surface area contributed by atoms with Crippen LogP contribution in [-0.4, -0.2) is 30.9 Å². The molecular weight excluding hydrogens is 332 g/mol. The van der Waals surface area contributed by atoms with Crippen LogP contribution in [0.15, 0.2) is 59.7 Å². The molecule has 3 aromatic heterocycles. The Bertz CT molecular complexity index is 1150. The number of anilines is 1. The number of aromatic amines is 1. The predicted molar refractivity (Wildman–Crippen MR) is 96.4 cm³/mol. The average molecular weight is 346 g/mol. The minimum Gasteiger partial charge on any atom is -0.320 e. The van der Waals surface area contributed by atoms with Crippen LogP contribution in [0, 0.1) is 6.92 Å². The van der Waals surface area contributed by atoms with Crippen LogP contribution >= 0.6 is 0 Å². The molecule has 0 radical (unpaired) electrons. The van der Waals surface area contributed by atoms with Crippen LogP contribution in [0.4, 0.5) is 5.69 Å². The van der Waals surface area contributed by atoms with Crippen LogP contribution in [0.1, 0.15) is 16.1 Å². The summed E-state index contributed by atoms with van der Waals surface area (Å²) in [4.78, 5) is 28.2. The molecular formula is C18H14N6O2. The highest BCUT2D eigenvalue weighted by Gasteiger charge is 2.17. The van der Waals surface area contributed by atoms with Crippen LogP contribution < -0.4 is 10.9 Å². The topological polar surface area (TPSA) is 106 Å². The number of aromatic nitrogens is 5. The number of fused-ring (bicyclic) bond motifs is 1. The number of hydrogen-bond acceptors (Lipinski definition) is 5. The van der Waals surface area contributed by atoms with Gasteiger partial charge in [-0.15, -0.1) is 0 Å². The van der Waals surface area contributed by atoms with Gasteiger partial charge in [0, 0.05) is 17.6 Å². The largest absolute Gasteiger partial charge is 0.320 e. The van der Waals surface area contributed by atoms with Gasteiger partial charge in [-0.25, -0.2) is 9.78 Å². The second kappa shape index (κ2) is 6.25. The van der Waals surface area contributed by atoms with Crippen LogP contribution in [0.3, 0.4) is 0 Å². The first-order chi connectivity index (χ1) is 12.6. The number of H-pyrrole nitrogens is 1. The number of rotatable bonds is 3. The Labute approximate surface area is 147 Å². The van der Waals surface area contributed by atoms with Gasteiger partial charge in [0.2, 0.25) is 0 Å². The molecule has 0 unspecified atom stereocenters. The molecule has 3 heterocycles. The SMILES string of the molecule is Cc1c(C(=O)Nc2cccc3cccnc23)cnn1-c1ccc(=O)[nH]n1. The molecule has 0 saturated carbocycles. The second-order valence-corrected chi connectivity index (χ2v) is 5.67. The maximum absolute atomic E-state index is 12.7. The second-order valence-electron chi connectivity index (χ2n) is 5.67. The van der Waals surface area contributed by atoms with Crippen molar-refractivity contribution >= 4 is 22.5 Å². The normalized spacial score (nSPS) is 10.8. The summed E-state index contributed by atoms with van der Waals surface area (Å²) in [6.45, 7) is 1.76. The van der Waals surface area contributed by atoms with Gasteiger partial charge < -0.3 is 5.32 Å². The van der Waals surface area contributed by atoms with E-state index in [1.165, 1.54) is 23.0 Å². The molecule has 0 fully saturated rings. The molecule has 2 N–H and O–H groups in total. The summed E-state index contributed by atoms with van der Waals surface area (Å²) >= 11 is 0. The van der Waals surface area contributed by atoms with Crippen molar-refractivity contribution in [1.29, 1.82) is 0 Å². The van der Waals surface area contributed by atoms with E-state index in [2.05, 4.69) is 25.6 Å². The lowest BCUT2D eigenvalue weighted by molar-refractivity contribution is 0.102. The molecule has 4 rings (SSSR count). The fourth-order valence-electron chi connectivity index (χ4n) is 2.71. The van der Waals surface area contributed by atoms with E-state index in [0.717, 1.165) is 10.9 Å². The summed E-state index contributed by atoms with van der Waals surface area (Å²) in [6, 6.07) is 12.3. The smallest absolute Gasteiger partial charge is 0.264 e. The third-order valence-corrected chi connectivity index (χ3v) is 4.02. The van der Waals surface area contributed by atoms with E-state index in [1.807, 2.05) is 24.3 Å². The average Bonchev–Trinajstić information content (AvgIpc) is 3.04. The van der Waals surface area contributed by atoms with Gasteiger partial charge in [0.1, 0.15) is 0 Å². The van der Waals surface area contributed by atoms with Crippen molar-refractivity contribution < 1.29 is 4.79 Å². The first-order valence-corrected chi connectivity index (χ1v) is 7.89. The number of hydrogen-bond donors (Lipinski definition) is 2. The Kier molecular flexibility index (Phi) is 3.77. The third kappa shape index (κ3) is 2.73. The van der Waals surface area contributed by atoms with Gasteiger partial charge >= 0.3 is 0 Å². The van der Waals surface area contributed by atoms with Crippen molar-refractivity contribution in [2.24, 2.45) is 0 Å². The molecule has 8 nitrogen and oxygen atoms in total. The minimum atomic E-state index is -0.306. The molecule has 0 bridgehead atoms. The van der Waals surface area contributed by atoms with Crippen molar-refractivity contribution in [1.82, 2.24) is 25.0 Å². The van der Waals surface area contributed by atoms with Gasteiger partial charge in [-0.05, 0) is 25.1 Å². The first-order valence-electron chi connectivity index (χ1n) is 7.89. The zero-order valence-electron chi connectivity index (χ0n) is 13.8. The Morgan fingerprint density at radius 3 is 2.81 bits per heavy atom.